The number of fused-ring (bicyclic) bond motifs is 3. The van der Waals surface area contributed by atoms with Crippen molar-refractivity contribution in [3.05, 3.63) is 40.0 Å². The number of anilines is 1. The number of benzene rings is 1. The van der Waals surface area contributed by atoms with Crippen LogP contribution < -0.4 is 14.8 Å². The Balaban J connectivity index is 1.46. The van der Waals surface area contributed by atoms with Gasteiger partial charge >= 0.3 is 5.97 Å². The number of nitrogens with zero attached hydrogens (tertiary/aromatic N) is 2. The number of carboxylic acid groups (broad SMARTS) is 1. The Kier molecular flexibility index (Phi) is 6.59. The molecule has 1 saturated carbocycles. The molecular weight excluding hydrogens is 450 g/mol. The van der Waals surface area contributed by atoms with Crippen molar-refractivity contribution in [3.63, 3.8) is 0 Å². The van der Waals surface area contributed by atoms with Gasteiger partial charge in [-0.1, -0.05) is 6.07 Å². The van der Waals surface area contributed by atoms with Gasteiger partial charge in [-0.05, 0) is 74.6 Å². The molecule has 2 N–H and O–H groups in total. The number of hydrogen-bond donors (Lipinski definition) is 2. The van der Waals surface area contributed by atoms with Crippen LogP contribution in [0.1, 0.15) is 66.3 Å². The van der Waals surface area contributed by atoms with Gasteiger partial charge in [-0.3, -0.25) is 4.79 Å². The second-order valence-electron chi connectivity index (χ2n) is 9.25. The normalized spacial score (nSPS) is 20.1. The van der Waals surface area contributed by atoms with Gasteiger partial charge in [0.15, 0.2) is 11.5 Å². The molecule has 34 heavy (non-hydrogen) atoms. The van der Waals surface area contributed by atoms with Crippen LogP contribution in [-0.4, -0.2) is 35.3 Å². The first-order valence-electron chi connectivity index (χ1n) is 12.1. The fourth-order valence-corrected chi connectivity index (χ4v) is 6.53. The Bertz CT molecular complexity index is 1200. The molecule has 180 valence electrons. The zero-order chi connectivity index (χ0) is 23.7. The number of aromatic nitrogens is 2. The summed E-state index contributed by atoms with van der Waals surface area (Å²) in [6.45, 7) is 0.613. The Morgan fingerprint density at radius 2 is 1.85 bits per heavy atom. The van der Waals surface area contributed by atoms with Crippen molar-refractivity contribution >= 4 is 33.3 Å². The zero-order valence-electron chi connectivity index (χ0n) is 19.7. The van der Waals surface area contributed by atoms with Crippen LogP contribution in [0.4, 0.5) is 5.82 Å². The lowest BCUT2D eigenvalue weighted by Crippen LogP contribution is -2.21. The first-order chi connectivity index (χ1) is 16.6. The average Bonchev–Trinajstić information content (AvgIpc) is 3.25. The van der Waals surface area contributed by atoms with E-state index in [0.717, 1.165) is 47.7 Å². The molecule has 1 fully saturated rings. The largest absolute Gasteiger partial charge is 0.493 e. The molecule has 2 aromatic heterocycles. The van der Waals surface area contributed by atoms with Crippen molar-refractivity contribution in [3.8, 4) is 11.5 Å². The van der Waals surface area contributed by atoms with Gasteiger partial charge < -0.3 is 19.9 Å². The molecule has 0 aliphatic heterocycles. The van der Waals surface area contributed by atoms with E-state index in [1.54, 1.807) is 14.2 Å². The molecule has 0 spiro atoms. The van der Waals surface area contributed by atoms with Crippen molar-refractivity contribution in [2.24, 2.45) is 5.92 Å². The van der Waals surface area contributed by atoms with E-state index in [1.165, 1.54) is 28.7 Å². The Labute approximate surface area is 203 Å². The lowest BCUT2D eigenvalue weighted by molar-refractivity contribution is -0.142. The summed E-state index contributed by atoms with van der Waals surface area (Å²) in [4.78, 5) is 24.0. The molecule has 0 bridgehead atoms. The Morgan fingerprint density at radius 1 is 1.09 bits per heavy atom. The molecule has 0 saturated heterocycles. The van der Waals surface area contributed by atoms with E-state index in [1.807, 2.05) is 29.5 Å². The molecule has 2 heterocycles. The van der Waals surface area contributed by atoms with Crippen LogP contribution in [-0.2, 0) is 24.2 Å². The highest BCUT2D eigenvalue weighted by Gasteiger charge is 2.30. The van der Waals surface area contributed by atoms with Gasteiger partial charge in [-0.15, -0.1) is 11.3 Å². The van der Waals surface area contributed by atoms with Gasteiger partial charge in [0.1, 0.15) is 16.5 Å². The number of aryl methyl sites for hydroxylation is 2. The molecule has 5 rings (SSSR count). The van der Waals surface area contributed by atoms with Crippen molar-refractivity contribution in [2.45, 2.75) is 63.8 Å². The van der Waals surface area contributed by atoms with Crippen molar-refractivity contribution in [1.29, 1.82) is 0 Å². The summed E-state index contributed by atoms with van der Waals surface area (Å²) in [6.07, 6.45) is 7.65. The van der Waals surface area contributed by atoms with E-state index in [-0.39, 0.29) is 11.8 Å². The summed E-state index contributed by atoms with van der Waals surface area (Å²) >= 11 is 1.81. The SMILES string of the molecule is COc1ccc(CNc2nc(C3CCC(C(=O)O)CC3)nc3sc4c(c23)CCCC4)cc1OC. The van der Waals surface area contributed by atoms with E-state index < -0.39 is 5.97 Å². The smallest absolute Gasteiger partial charge is 0.306 e. The number of carboxylic acids is 1. The van der Waals surface area contributed by atoms with Gasteiger partial charge in [0.05, 0.1) is 25.5 Å². The van der Waals surface area contributed by atoms with Crippen LogP contribution in [0.3, 0.4) is 0 Å². The number of carbonyl (C=O) groups is 1. The highest BCUT2D eigenvalue weighted by Crippen LogP contribution is 2.41. The van der Waals surface area contributed by atoms with Crippen molar-refractivity contribution in [2.75, 3.05) is 19.5 Å². The minimum atomic E-state index is -0.682. The predicted molar refractivity (Wildman–Crippen MR) is 133 cm³/mol. The van der Waals surface area contributed by atoms with Crippen LogP contribution in [0.25, 0.3) is 10.2 Å². The molecule has 7 nitrogen and oxygen atoms in total. The van der Waals surface area contributed by atoms with Gasteiger partial charge in [0.25, 0.3) is 0 Å². The monoisotopic (exact) mass is 481 g/mol. The first-order valence-corrected chi connectivity index (χ1v) is 12.9. The maximum Gasteiger partial charge on any atom is 0.306 e. The Hall–Kier alpha value is -2.87. The first kappa shape index (κ1) is 22.9. The number of nitrogens with one attached hydrogen (secondary N) is 1. The number of hydrogen-bond acceptors (Lipinski definition) is 7. The fraction of sp³-hybridized carbons (Fsp3) is 0.500. The number of thiophene rings is 1. The summed E-state index contributed by atoms with van der Waals surface area (Å²) in [6, 6.07) is 5.94. The maximum atomic E-state index is 11.4. The predicted octanol–water partition coefficient (Wildman–Crippen LogP) is 5.56. The van der Waals surface area contributed by atoms with E-state index >= 15 is 0 Å². The standard InChI is InChI=1S/C26H31N3O4S/c1-32-19-12-7-15(13-20(19)33-2)14-27-24-22-18-5-3-4-6-21(18)34-25(22)29-23(28-24)16-8-10-17(11-9-16)26(30)31/h7,12-13,16-17H,3-6,8-11,14H2,1-2H3,(H,30,31)(H,27,28,29). The second-order valence-corrected chi connectivity index (χ2v) is 10.3. The Morgan fingerprint density at radius 3 is 2.59 bits per heavy atom. The highest BCUT2D eigenvalue weighted by atomic mass is 32.1. The number of rotatable bonds is 7. The van der Waals surface area contributed by atoms with Gasteiger partial charge in [0.2, 0.25) is 0 Å². The third-order valence-electron chi connectivity index (χ3n) is 7.18. The quantitative estimate of drug-likeness (QED) is 0.456. The second kappa shape index (κ2) is 9.78. The van der Waals surface area contributed by atoms with Gasteiger partial charge in [-0.2, -0.15) is 0 Å². The summed E-state index contributed by atoms with van der Waals surface area (Å²) in [5, 5.41) is 14.1. The minimum Gasteiger partial charge on any atom is -0.493 e. The maximum absolute atomic E-state index is 11.4. The molecular formula is C26H31N3O4S. The molecule has 0 atom stereocenters. The molecule has 2 aliphatic carbocycles. The lowest BCUT2D eigenvalue weighted by Gasteiger charge is -2.25. The lowest BCUT2D eigenvalue weighted by atomic mass is 9.81. The zero-order valence-corrected chi connectivity index (χ0v) is 20.5. The van der Waals surface area contributed by atoms with Gasteiger partial charge in [-0.25, -0.2) is 9.97 Å². The van der Waals surface area contributed by atoms with E-state index in [0.29, 0.717) is 30.9 Å². The third-order valence-corrected chi connectivity index (χ3v) is 8.37. The summed E-state index contributed by atoms with van der Waals surface area (Å²) < 4.78 is 10.8. The van der Waals surface area contributed by atoms with Crippen LogP contribution in [0.2, 0.25) is 0 Å². The van der Waals surface area contributed by atoms with Crippen molar-refractivity contribution < 1.29 is 19.4 Å². The molecule has 0 amide bonds. The third kappa shape index (κ3) is 4.43. The topological polar surface area (TPSA) is 93.6 Å². The molecule has 0 unspecified atom stereocenters. The van der Waals surface area contributed by atoms with Crippen LogP contribution >= 0.6 is 11.3 Å². The molecule has 1 aromatic carbocycles. The summed E-state index contributed by atoms with van der Waals surface area (Å²) in [5.74, 6) is 2.45. The molecule has 0 radical (unpaired) electrons. The van der Waals surface area contributed by atoms with E-state index in [4.69, 9.17) is 19.4 Å². The van der Waals surface area contributed by atoms with Crippen molar-refractivity contribution in [1.82, 2.24) is 9.97 Å². The van der Waals surface area contributed by atoms with E-state index in [9.17, 15) is 9.90 Å². The minimum absolute atomic E-state index is 0.209. The van der Waals surface area contributed by atoms with E-state index in [2.05, 4.69) is 5.32 Å². The molecule has 3 aromatic rings. The average molecular weight is 482 g/mol. The van der Waals surface area contributed by atoms with Crippen LogP contribution in [0.15, 0.2) is 18.2 Å². The highest BCUT2D eigenvalue weighted by molar-refractivity contribution is 7.19. The number of methoxy groups -OCH3 is 2. The molecule has 8 heteroatoms. The van der Waals surface area contributed by atoms with Gasteiger partial charge in [0, 0.05) is 17.3 Å². The number of ether oxygens (including phenoxy) is 2. The molecule has 2 aliphatic rings. The van der Waals surface area contributed by atoms with Crippen LogP contribution in [0.5, 0.6) is 11.5 Å². The fourth-order valence-electron chi connectivity index (χ4n) is 5.26. The summed E-state index contributed by atoms with van der Waals surface area (Å²) in [7, 11) is 3.28. The van der Waals surface area contributed by atoms with Crippen LogP contribution in [0, 0.1) is 5.92 Å². The number of aliphatic carboxylic acids is 1. The summed E-state index contributed by atoms with van der Waals surface area (Å²) in [5.41, 5.74) is 2.49.